The molecule has 0 unspecified atom stereocenters. The summed E-state index contributed by atoms with van der Waals surface area (Å²) in [6.45, 7) is 1.60. The molecule has 4 heteroatoms. The van der Waals surface area contributed by atoms with Gasteiger partial charge in [0.15, 0.2) is 0 Å². The van der Waals surface area contributed by atoms with Gasteiger partial charge in [-0.15, -0.1) is 12.4 Å². The lowest BCUT2D eigenvalue weighted by Crippen LogP contribution is -2.34. The molecular weight excluding hydrogens is 224 g/mol. The molecule has 1 aliphatic carbocycles. The lowest BCUT2D eigenvalue weighted by atomic mass is 9.88. The van der Waals surface area contributed by atoms with Crippen molar-refractivity contribution in [2.45, 2.75) is 44.9 Å². The Labute approximate surface area is 105 Å². The smallest absolute Gasteiger partial charge is 0.225 e. The Balaban J connectivity index is 0.00000225. The third-order valence-electron chi connectivity index (χ3n) is 3.28. The predicted octanol–water partition coefficient (Wildman–Crippen LogP) is 2.19. The van der Waals surface area contributed by atoms with Gasteiger partial charge in [-0.3, -0.25) is 4.79 Å². The summed E-state index contributed by atoms with van der Waals surface area (Å²) in [7, 11) is 1.92. The number of amides is 1. The van der Waals surface area contributed by atoms with Crippen LogP contribution < -0.4 is 5.73 Å². The average Bonchev–Trinajstić information content (AvgIpc) is 2.29. The number of carbonyl (C=O) groups is 1. The lowest BCUT2D eigenvalue weighted by Gasteiger charge is -2.26. The molecule has 1 amide bonds. The Morgan fingerprint density at radius 2 is 1.88 bits per heavy atom. The molecule has 0 aromatic heterocycles. The fraction of sp³-hybridized carbons (Fsp3) is 0.917. The molecule has 0 bridgehead atoms. The zero-order valence-corrected chi connectivity index (χ0v) is 11.1. The first-order valence-electron chi connectivity index (χ1n) is 6.20. The fourth-order valence-electron chi connectivity index (χ4n) is 2.26. The highest BCUT2D eigenvalue weighted by Crippen LogP contribution is 2.25. The van der Waals surface area contributed by atoms with E-state index < -0.39 is 0 Å². The van der Waals surface area contributed by atoms with Gasteiger partial charge in [0, 0.05) is 19.5 Å². The first kappa shape index (κ1) is 15.7. The molecule has 0 aliphatic heterocycles. The van der Waals surface area contributed by atoms with Crippen LogP contribution in [-0.2, 0) is 4.79 Å². The van der Waals surface area contributed by atoms with Crippen molar-refractivity contribution in [2.75, 3.05) is 20.1 Å². The molecule has 0 atom stereocenters. The van der Waals surface area contributed by atoms with Gasteiger partial charge < -0.3 is 10.6 Å². The summed E-state index contributed by atoms with van der Waals surface area (Å²) in [6.07, 6.45) is 8.01. The van der Waals surface area contributed by atoms with Gasteiger partial charge in [0.05, 0.1) is 0 Å². The van der Waals surface area contributed by atoms with Crippen molar-refractivity contribution in [3.63, 3.8) is 0 Å². The molecule has 0 radical (unpaired) electrons. The van der Waals surface area contributed by atoms with E-state index in [0.29, 0.717) is 11.8 Å². The van der Waals surface area contributed by atoms with E-state index in [2.05, 4.69) is 0 Å². The van der Waals surface area contributed by atoms with Gasteiger partial charge in [-0.05, 0) is 32.2 Å². The van der Waals surface area contributed by atoms with Crippen molar-refractivity contribution in [1.29, 1.82) is 0 Å². The van der Waals surface area contributed by atoms with Crippen LogP contribution in [0, 0.1) is 5.92 Å². The van der Waals surface area contributed by atoms with Gasteiger partial charge in [-0.25, -0.2) is 0 Å². The molecule has 0 aromatic carbocycles. The summed E-state index contributed by atoms with van der Waals surface area (Å²) in [6, 6.07) is 0. The average molecular weight is 249 g/mol. The van der Waals surface area contributed by atoms with Crippen molar-refractivity contribution in [3.8, 4) is 0 Å². The number of nitrogens with two attached hydrogens (primary N) is 1. The quantitative estimate of drug-likeness (QED) is 0.759. The van der Waals surface area contributed by atoms with Crippen LogP contribution in [0.5, 0.6) is 0 Å². The highest BCUT2D eigenvalue weighted by molar-refractivity contribution is 5.85. The summed E-state index contributed by atoms with van der Waals surface area (Å²) in [5, 5.41) is 0. The minimum Gasteiger partial charge on any atom is -0.346 e. The van der Waals surface area contributed by atoms with Crippen molar-refractivity contribution < 1.29 is 4.79 Å². The standard InChI is InChI=1S/C12H24N2O.ClH/c1-14(10-6-5-9-13)12(15)11-7-3-2-4-8-11;/h11H,2-10,13H2,1H3;1H. The maximum Gasteiger partial charge on any atom is 0.225 e. The van der Waals surface area contributed by atoms with Gasteiger partial charge in [0.1, 0.15) is 0 Å². The number of hydrogen-bond donors (Lipinski definition) is 1. The minimum absolute atomic E-state index is 0. The fourth-order valence-corrected chi connectivity index (χ4v) is 2.26. The van der Waals surface area contributed by atoms with E-state index in [4.69, 9.17) is 5.73 Å². The molecule has 0 aromatic rings. The highest BCUT2D eigenvalue weighted by Gasteiger charge is 2.23. The molecule has 1 saturated carbocycles. The predicted molar refractivity (Wildman–Crippen MR) is 69.7 cm³/mol. The zero-order chi connectivity index (χ0) is 11.1. The second-order valence-electron chi connectivity index (χ2n) is 4.59. The minimum atomic E-state index is 0. The van der Waals surface area contributed by atoms with Gasteiger partial charge in [-0.1, -0.05) is 19.3 Å². The van der Waals surface area contributed by atoms with Crippen molar-refractivity contribution in [1.82, 2.24) is 4.90 Å². The van der Waals surface area contributed by atoms with E-state index in [-0.39, 0.29) is 12.4 Å². The Bertz CT molecular complexity index is 193. The lowest BCUT2D eigenvalue weighted by molar-refractivity contribution is -0.135. The van der Waals surface area contributed by atoms with E-state index in [1.807, 2.05) is 11.9 Å². The first-order chi connectivity index (χ1) is 7.25. The van der Waals surface area contributed by atoms with Crippen LogP contribution in [0.15, 0.2) is 0 Å². The van der Waals surface area contributed by atoms with E-state index in [0.717, 1.165) is 38.8 Å². The molecule has 2 N–H and O–H groups in total. The first-order valence-corrected chi connectivity index (χ1v) is 6.20. The Morgan fingerprint density at radius 3 is 2.44 bits per heavy atom. The van der Waals surface area contributed by atoms with Crippen LogP contribution >= 0.6 is 12.4 Å². The molecule has 1 aliphatic rings. The number of rotatable bonds is 5. The molecule has 0 saturated heterocycles. The zero-order valence-electron chi connectivity index (χ0n) is 10.3. The molecule has 0 spiro atoms. The summed E-state index contributed by atoms with van der Waals surface area (Å²) in [4.78, 5) is 13.9. The third-order valence-corrected chi connectivity index (χ3v) is 3.28. The monoisotopic (exact) mass is 248 g/mol. The Hall–Kier alpha value is -0.280. The van der Waals surface area contributed by atoms with Gasteiger partial charge >= 0.3 is 0 Å². The molecule has 0 heterocycles. The van der Waals surface area contributed by atoms with Gasteiger partial charge in [-0.2, -0.15) is 0 Å². The number of unbranched alkanes of at least 4 members (excludes halogenated alkanes) is 1. The molecular formula is C12H25ClN2O. The van der Waals surface area contributed by atoms with E-state index in [1.165, 1.54) is 19.3 Å². The van der Waals surface area contributed by atoms with Gasteiger partial charge in [0.2, 0.25) is 5.91 Å². The number of nitrogens with zero attached hydrogens (tertiary/aromatic N) is 1. The molecule has 3 nitrogen and oxygen atoms in total. The summed E-state index contributed by atoms with van der Waals surface area (Å²) >= 11 is 0. The van der Waals surface area contributed by atoms with Crippen LogP contribution in [0.2, 0.25) is 0 Å². The molecule has 16 heavy (non-hydrogen) atoms. The van der Waals surface area contributed by atoms with Crippen molar-refractivity contribution in [2.24, 2.45) is 11.7 Å². The van der Waals surface area contributed by atoms with E-state index in [9.17, 15) is 4.79 Å². The van der Waals surface area contributed by atoms with Crippen LogP contribution in [0.25, 0.3) is 0 Å². The van der Waals surface area contributed by atoms with Crippen molar-refractivity contribution in [3.05, 3.63) is 0 Å². The second kappa shape index (κ2) is 8.82. The highest BCUT2D eigenvalue weighted by atomic mass is 35.5. The summed E-state index contributed by atoms with van der Waals surface area (Å²) in [5.41, 5.74) is 5.43. The van der Waals surface area contributed by atoms with Crippen LogP contribution in [0.3, 0.4) is 0 Å². The normalized spacial score (nSPS) is 16.6. The molecule has 1 fully saturated rings. The maximum atomic E-state index is 12.0. The topological polar surface area (TPSA) is 46.3 Å². The number of carbonyl (C=O) groups excluding carboxylic acids is 1. The maximum absolute atomic E-state index is 12.0. The molecule has 96 valence electrons. The summed E-state index contributed by atoms with van der Waals surface area (Å²) in [5.74, 6) is 0.661. The van der Waals surface area contributed by atoms with E-state index >= 15 is 0 Å². The number of hydrogen-bond acceptors (Lipinski definition) is 2. The number of halogens is 1. The molecule has 1 rings (SSSR count). The van der Waals surface area contributed by atoms with Gasteiger partial charge in [0.25, 0.3) is 0 Å². The van der Waals surface area contributed by atoms with E-state index in [1.54, 1.807) is 0 Å². The second-order valence-corrected chi connectivity index (χ2v) is 4.59. The van der Waals surface area contributed by atoms with Crippen molar-refractivity contribution >= 4 is 18.3 Å². The Morgan fingerprint density at radius 1 is 1.25 bits per heavy atom. The van der Waals surface area contributed by atoms with Crippen LogP contribution in [0.1, 0.15) is 44.9 Å². The third kappa shape index (κ3) is 5.17. The SMILES string of the molecule is CN(CCCCN)C(=O)C1CCCCC1.Cl. The van der Waals surface area contributed by atoms with Crippen LogP contribution in [0.4, 0.5) is 0 Å². The van der Waals surface area contributed by atoms with Crippen LogP contribution in [-0.4, -0.2) is 30.9 Å². The summed E-state index contributed by atoms with van der Waals surface area (Å²) < 4.78 is 0. The Kier molecular flexibility index (Phi) is 8.67. The largest absolute Gasteiger partial charge is 0.346 e.